The van der Waals surface area contributed by atoms with Gasteiger partial charge < -0.3 is 20.3 Å². The van der Waals surface area contributed by atoms with Crippen molar-refractivity contribution in [2.24, 2.45) is 5.92 Å². The van der Waals surface area contributed by atoms with Crippen molar-refractivity contribution in [1.29, 1.82) is 0 Å². The number of carbonyl (C=O) groups is 1. The van der Waals surface area contributed by atoms with Crippen LogP contribution in [0.2, 0.25) is 0 Å². The van der Waals surface area contributed by atoms with Crippen molar-refractivity contribution in [1.82, 2.24) is 20.2 Å². The molecule has 1 aromatic carbocycles. The van der Waals surface area contributed by atoms with Crippen LogP contribution in [0.5, 0.6) is 0 Å². The molecular weight excluding hydrogens is 316 g/mol. The van der Waals surface area contributed by atoms with E-state index in [-0.39, 0.29) is 24.6 Å². The Labute approximate surface area is 149 Å². The molecule has 0 aliphatic carbocycles. The maximum atomic E-state index is 12.1. The van der Waals surface area contributed by atoms with E-state index in [1.54, 1.807) is 6.20 Å². The summed E-state index contributed by atoms with van der Waals surface area (Å²) in [6.45, 7) is 7.33. The Morgan fingerprint density at radius 2 is 2.08 bits per heavy atom. The van der Waals surface area contributed by atoms with Gasteiger partial charge >= 0.3 is 6.03 Å². The van der Waals surface area contributed by atoms with E-state index in [1.807, 2.05) is 39.1 Å². The van der Waals surface area contributed by atoms with Crippen LogP contribution in [-0.4, -0.2) is 33.3 Å². The Hall–Kier alpha value is -2.34. The van der Waals surface area contributed by atoms with Crippen molar-refractivity contribution >= 4 is 6.03 Å². The third kappa shape index (κ3) is 5.90. The van der Waals surface area contributed by atoms with Crippen LogP contribution in [0.1, 0.15) is 37.2 Å². The molecule has 3 N–H and O–H groups in total. The van der Waals surface area contributed by atoms with Crippen LogP contribution in [0.15, 0.2) is 36.7 Å². The van der Waals surface area contributed by atoms with Crippen molar-refractivity contribution in [3.05, 3.63) is 53.6 Å². The first-order valence-electron chi connectivity index (χ1n) is 8.70. The molecule has 1 atom stereocenters. The number of nitrogens with zero attached hydrogens (tertiary/aromatic N) is 2. The number of aliphatic hydroxyl groups excluding tert-OH is 1. The lowest BCUT2D eigenvalue weighted by Crippen LogP contribution is -2.44. The summed E-state index contributed by atoms with van der Waals surface area (Å²) < 4.78 is 2.08. The number of imidazole rings is 1. The lowest BCUT2D eigenvalue weighted by atomic mass is 10.0. The topological polar surface area (TPSA) is 79.2 Å². The van der Waals surface area contributed by atoms with Crippen molar-refractivity contribution in [2.75, 3.05) is 6.61 Å². The fraction of sp³-hybridized carbons (Fsp3) is 0.474. The molecule has 0 fully saturated rings. The average molecular weight is 344 g/mol. The van der Waals surface area contributed by atoms with Gasteiger partial charge in [-0.05, 0) is 30.4 Å². The second-order valence-electron chi connectivity index (χ2n) is 6.61. The zero-order valence-electron chi connectivity index (χ0n) is 15.2. The van der Waals surface area contributed by atoms with Gasteiger partial charge in [-0.2, -0.15) is 0 Å². The first kappa shape index (κ1) is 19.0. The van der Waals surface area contributed by atoms with E-state index in [9.17, 15) is 4.79 Å². The van der Waals surface area contributed by atoms with E-state index in [0.29, 0.717) is 13.0 Å². The van der Waals surface area contributed by atoms with Crippen LogP contribution < -0.4 is 10.6 Å². The highest BCUT2D eigenvalue weighted by Gasteiger charge is 2.15. The highest BCUT2D eigenvalue weighted by Crippen LogP contribution is 2.09. The van der Waals surface area contributed by atoms with Crippen molar-refractivity contribution in [3.8, 4) is 0 Å². The predicted molar refractivity (Wildman–Crippen MR) is 98.2 cm³/mol. The number of rotatable bonds is 8. The van der Waals surface area contributed by atoms with Crippen LogP contribution in [0.3, 0.4) is 0 Å². The minimum atomic E-state index is -0.206. The van der Waals surface area contributed by atoms with Gasteiger partial charge in [0.05, 0.1) is 0 Å². The fourth-order valence-electron chi connectivity index (χ4n) is 2.72. The maximum absolute atomic E-state index is 12.1. The second-order valence-corrected chi connectivity index (χ2v) is 6.61. The number of hydrogen-bond donors (Lipinski definition) is 3. The van der Waals surface area contributed by atoms with Crippen LogP contribution in [0.25, 0.3) is 0 Å². The quantitative estimate of drug-likeness (QED) is 0.688. The number of nitrogens with one attached hydrogen (secondary N) is 2. The van der Waals surface area contributed by atoms with E-state index >= 15 is 0 Å². The average Bonchev–Trinajstić information content (AvgIpc) is 2.98. The first-order chi connectivity index (χ1) is 12.0. The molecule has 0 aliphatic heterocycles. The molecule has 1 heterocycles. The molecule has 0 saturated carbocycles. The molecule has 0 bridgehead atoms. The van der Waals surface area contributed by atoms with E-state index in [2.05, 4.69) is 32.3 Å². The number of aryl methyl sites for hydroxylation is 1. The Morgan fingerprint density at radius 3 is 2.72 bits per heavy atom. The summed E-state index contributed by atoms with van der Waals surface area (Å²) in [5.41, 5.74) is 2.22. The SMILES string of the molecule is Cc1nccn1Cc1cccc(CNC(=O)NC(CCO)C(C)C)c1. The van der Waals surface area contributed by atoms with Gasteiger partial charge in [0.15, 0.2) is 0 Å². The number of aliphatic hydroxyl groups is 1. The van der Waals surface area contributed by atoms with Gasteiger partial charge in [0.1, 0.15) is 5.82 Å². The fourth-order valence-corrected chi connectivity index (χ4v) is 2.72. The molecule has 6 heteroatoms. The largest absolute Gasteiger partial charge is 0.396 e. The van der Waals surface area contributed by atoms with Gasteiger partial charge in [-0.25, -0.2) is 9.78 Å². The second kappa shape index (κ2) is 9.22. The summed E-state index contributed by atoms with van der Waals surface area (Å²) in [6, 6.07) is 7.92. The zero-order valence-corrected chi connectivity index (χ0v) is 15.2. The molecule has 0 radical (unpaired) electrons. The molecular formula is C19H28N4O2. The molecule has 0 aliphatic rings. The van der Waals surface area contributed by atoms with Crippen molar-refractivity contribution < 1.29 is 9.90 Å². The Kier molecular flexibility index (Phi) is 7.01. The number of amides is 2. The summed E-state index contributed by atoms with van der Waals surface area (Å²) in [5.74, 6) is 1.26. The third-order valence-electron chi connectivity index (χ3n) is 4.28. The molecule has 2 amide bonds. The van der Waals surface area contributed by atoms with E-state index < -0.39 is 0 Å². The summed E-state index contributed by atoms with van der Waals surface area (Å²) in [6.07, 6.45) is 4.31. The molecule has 25 heavy (non-hydrogen) atoms. The molecule has 2 aromatic rings. The van der Waals surface area contributed by atoms with Crippen LogP contribution >= 0.6 is 0 Å². The van der Waals surface area contributed by atoms with E-state index in [1.165, 1.54) is 5.56 Å². The van der Waals surface area contributed by atoms with E-state index in [4.69, 9.17) is 5.11 Å². The summed E-state index contributed by atoms with van der Waals surface area (Å²) in [7, 11) is 0. The lowest BCUT2D eigenvalue weighted by molar-refractivity contribution is 0.218. The Balaban J connectivity index is 1.89. The molecule has 136 valence electrons. The molecule has 1 unspecified atom stereocenters. The first-order valence-corrected chi connectivity index (χ1v) is 8.70. The molecule has 6 nitrogen and oxygen atoms in total. The summed E-state index contributed by atoms with van der Waals surface area (Å²) >= 11 is 0. The standard InChI is InChI=1S/C19H28N4O2/c1-14(2)18(7-10-24)22-19(25)21-12-16-5-4-6-17(11-16)13-23-9-8-20-15(23)3/h4-6,8-9,11,14,18,24H,7,10,12-13H2,1-3H3,(H2,21,22,25). The number of aromatic nitrogens is 2. The maximum Gasteiger partial charge on any atom is 0.315 e. The highest BCUT2D eigenvalue weighted by molar-refractivity contribution is 5.74. The van der Waals surface area contributed by atoms with Gasteiger partial charge in [0, 0.05) is 38.1 Å². The number of carbonyl (C=O) groups excluding carboxylic acids is 1. The monoisotopic (exact) mass is 344 g/mol. The van der Waals surface area contributed by atoms with Gasteiger partial charge in [-0.15, -0.1) is 0 Å². The minimum Gasteiger partial charge on any atom is -0.396 e. The van der Waals surface area contributed by atoms with Gasteiger partial charge in [-0.3, -0.25) is 0 Å². The smallest absolute Gasteiger partial charge is 0.315 e. The van der Waals surface area contributed by atoms with Gasteiger partial charge in [-0.1, -0.05) is 38.1 Å². The van der Waals surface area contributed by atoms with Crippen molar-refractivity contribution in [2.45, 2.75) is 46.3 Å². The van der Waals surface area contributed by atoms with Crippen molar-refractivity contribution in [3.63, 3.8) is 0 Å². The van der Waals surface area contributed by atoms with Gasteiger partial charge in [0.2, 0.25) is 0 Å². The molecule has 0 saturated heterocycles. The lowest BCUT2D eigenvalue weighted by Gasteiger charge is -2.21. The van der Waals surface area contributed by atoms with Crippen LogP contribution in [0, 0.1) is 12.8 Å². The summed E-state index contributed by atoms with van der Waals surface area (Å²) in [4.78, 5) is 16.3. The Morgan fingerprint density at radius 1 is 1.32 bits per heavy atom. The molecule has 1 aromatic heterocycles. The number of urea groups is 1. The Bertz CT molecular complexity index is 682. The normalized spacial score (nSPS) is 12.2. The van der Waals surface area contributed by atoms with Crippen LogP contribution in [0.4, 0.5) is 4.79 Å². The van der Waals surface area contributed by atoms with E-state index in [0.717, 1.165) is 17.9 Å². The van der Waals surface area contributed by atoms with Gasteiger partial charge in [0.25, 0.3) is 0 Å². The minimum absolute atomic E-state index is 0.0273. The highest BCUT2D eigenvalue weighted by atomic mass is 16.3. The van der Waals surface area contributed by atoms with Crippen LogP contribution in [-0.2, 0) is 13.1 Å². The zero-order chi connectivity index (χ0) is 18.2. The molecule has 0 spiro atoms. The molecule has 2 rings (SSSR count). The number of benzene rings is 1. The third-order valence-corrected chi connectivity index (χ3v) is 4.28. The summed E-state index contributed by atoms with van der Waals surface area (Å²) in [5, 5.41) is 14.9. The predicted octanol–water partition coefficient (Wildman–Crippen LogP) is 2.45. The number of hydrogen-bond acceptors (Lipinski definition) is 3.